The second-order valence-corrected chi connectivity index (χ2v) is 12.0. The molecule has 2 heterocycles. The van der Waals surface area contributed by atoms with Gasteiger partial charge < -0.3 is 18.9 Å². The van der Waals surface area contributed by atoms with Crippen molar-refractivity contribution in [1.82, 2.24) is 14.6 Å². The molecule has 3 N–H and O–H groups in total. The molecule has 14 heteroatoms. The lowest BCUT2D eigenvalue weighted by atomic mass is 9.90. The lowest BCUT2D eigenvalue weighted by Gasteiger charge is -2.26. The number of ether oxygens (including phenoxy) is 2. The van der Waals surface area contributed by atoms with Crippen molar-refractivity contribution >= 4 is 21.7 Å². The highest BCUT2D eigenvalue weighted by Crippen LogP contribution is 2.60. The Bertz CT molecular complexity index is 950. The molecular weight excluding hydrogens is 455 g/mol. The molecule has 1 unspecified atom stereocenters. The van der Waals surface area contributed by atoms with E-state index in [1.54, 1.807) is 13.8 Å². The van der Waals surface area contributed by atoms with E-state index in [9.17, 15) is 23.8 Å². The van der Waals surface area contributed by atoms with Crippen LogP contribution in [0.4, 0.5) is 4.39 Å². The van der Waals surface area contributed by atoms with Crippen LogP contribution in [0, 0.1) is 5.92 Å². The van der Waals surface area contributed by atoms with Crippen LogP contribution in [0.15, 0.2) is 21.9 Å². The molecule has 7 atom stereocenters. The van der Waals surface area contributed by atoms with Gasteiger partial charge in [0.1, 0.15) is 14.5 Å². The first-order valence-electron chi connectivity index (χ1n) is 9.60. The Morgan fingerprint density at radius 1 is 1.48 bits per heavy atom. The van der Waals surface area contributed by atoms with Gasteiger partial charge in [-0.2, -0.15) is 0 Å². The highest BCUT2D eigenvalue weighted by Gasteiger charge is 2.53. The van der Waals surface area contributed by atoms with E-state index in [0.717, 1.165) is 16.8 Å². The minimum atomic E-state index is -3.87. The van der Waals surface area contributed by atoms with Crippen LogP contribution in [-0.4, -0.2) is 50.9 Å². The lowest BCUT2D eigenvalue weighted by Crippen LogP contribution is -2.40. The maximum absolute atomic E-state index is 15.4. The molecule has 1 aromatic heterocycles. The van der Waals surface area contributed by atoms with Crippen LogP contribution in [0.1, 0.15) is 40.8 Å². The van der Waals surface area contributed by atoms with Gasteiger partial charge in [-0.1, -0.05) is 6.92 Å². The van der Waals surface area contributed by atoms with Gasteiger partial charge in [0.15, 0.2) is 11.9 Å². The topological polar surface area (TPSA) is 149 Å². The maximum Gasteiger partial charge on any atom is 0.330 e. The number of hydrogen-bond acceptors (Lipinski definition) is 8. The van der Waals surface area contributed by atoms with Gasteiger partial charge in [-0.3, -0.25) is 23.7 Å². The first kappa shape index (κ1) is 25.8. The number of nitrogens with one attached hydrogen (secondary N) is 2. The first-order chi connectivity index (χ1) is 14.3. The average molecular weight is 483 g/mol. The minimum Gasteiger partial charge on any atom is -0.462 e. The number of alkyl halides is 1. The number of hydrogen-bond donors (Lipinski definition) is 3. The molecule has 1 saturated heterocycles. The third kappa shape index (κ3) is 6.09. The van der Waals surface area contributed by atoms with E-state index < -0.39 is 62.9 Å². The van der Waals surface area contributed by atoms with Crippen molar-refractivity contribution in [2.24, 2.45) is 5.92 Å². The molecular formula is C17H28FN3O8P2. The molecule has 0 aliphatic carbocycles. The zero-order valence-corrected chi connectivity index (χ0v) is 19.7. The lowest BCUT2D eigenvalue weighted by molar-refractivity contribution is -0.149. The van der Waals surface area contributed by atoms with E-state index in [1.165, 1.54) is 20.8 Å². The van der Waals surface area contributed by atoms with Crippen molar-refractivity contribution in [1.29, 1.82) is 0 Å². The summed E-state index contributed by atoms with van der Waals surface area (Å²) in [4.78, 5) is 46.9. The largest absolute Gasteiger partial charge is 0.462 e. The van der Waals surface area contributed by atoms with Crippen LogP contribution in [-0.2, 0) is 23.4 Å². The number of rotatable bonds is 9. The predicted octanol–water partition coefficient (Wildman–Crippen LogP) is 1.44. The Hall–Kier alpha value is -1.42. The summed E-state index contributed by atoms with van der Waals surface area (Å²) >= 11 is 0. The number of carbonyl (C=O) groups is 1. The molecule has 11 nitrogen and oxygen atoms in total. The molecule has 1 aliphatic rings. The number of aromatic nitrogens is 2. The van der Waals surface area contributed by atoms with E-state index >= 15 is 4.39 Å². The molecule has 0 aromatic carbocycles. The zero-order chi connectivity index (χ0) is 23.6. The van der Waals surface area contributed by atoms with Crippen LogP contribution in [0.2, 0.25) is 0 Å². The van der Waals surface area contributed by atoms with Crippen molar-refractivity contribution < 1.29 is 32.6 Å². The third-order valence-electron chi connectivity index (χ3n) is 4.96. The van der Waals surface area contributed by atoms with Crippen LogP contribution in [0.25, 0.3) is 0 Å². The smallest absolute Gasteiger partial charge is 0.330 e. The summed E-state index contributed by atoms with van der Waals surface area (Å²) < 4.78 is 45.2. The van der Waals surface area contributed by atoms with Crippen molar-refractivity contribution in [2.45, 2.75) is 64.8 Å². The number of carbonyl (C=O) groups excluding carboxylic acids is 1. The number of H-pyrrole nitrogens is 1. The quantitative estimate of drug-likeness (QED) is 0.350. The maximum atomic E-state index is 15.4. The fraction of sp³-hybridized carbons (Fsp3) is 0.706. The summed E-state index contributed by atoms with van der Waals surface area (Å²) in [5.74, 6) is -1.47. The molecule has 1 fully saturated rings. The first-order valence-corrected chi connectivity index (χ1v) is 13.0. The molecule has 31 heavy (non-hydrogen) atoms. The minimum absolute atomic E-state index is 0.376. The van der Waals surface area contributed by atoms with Gasteiger partial charge in [-0.05, 0) is 27.7 Å². The zero-order valence-electron chi connectivity index (χ0n) is 17.8. The molecule has 0 amide bonds. The van der Waals surface area contributed by atoms with E-state index in [-0.39, 0.29) is 12.7 Å². The highest BCUT2D eigenvalue weighted by atomic mass is 32.1. The third-order valence-corrected chi connectivity index (χ3v) is 8.03. The summed E-state index contributed by atoms with van der Waals surface area (Å²) in [5.41, 5.74) is -3.49. The molecule has 176 valence electrons. The molecule has 0 saturated carbocycles. The van der Waals surface area contributed by atoms with Gasteiger partial charge in [-0.15, -0.1) is 0 Å². The monoisotopic (exact) mass is 483 g/mol. The number of halogens is 1. The van der Waals surface area contributed by atoms with Gasteiger partial charge >= 0.3 is 18.9 Å². The Kier molecular flexibility index (Phi) is 8.35. The second-order valence-electron chi connectivity index (χ2n) is 7.77. The predicted molar refractivity (Wildman–Crippen MR) is 112 cm³/mol. The fourth-order valence-electron chi connectivity index (χ4n) is 3.05. The second kappa shape index (κ2) is 10.0. The Labute approximate surface area is 179 Å². The number of aromatic amines is 1. The van der Waals surface area contributed by atoms with E-state index in [4.69, 9.17) is 14.0 Å². The Morgan fingerprint density at radius 3 is 2.68 bits per heavy atom. The van der Waals surface area contributed by atoms with E-state index in [0.29, 0.717) is 0 Å². The van der Waals surface area contributed by atoms with Crippen LogP contribution in [0.5, 0.6) is 0 Å². The van der Waals surface area contributed by atoms with Gasteiger partial charge in [0, 0.05) is 18.2 Å². The fourth-order valence-corrected chi connectivity index (χ4v) is 5.37. The molecule has 1 aromatic rings. The van der Waals surface area contributed by atoms with Crippen LogP contribution < -0.4 is 16.3 Å². The van der Waals surface area contributed by atoms with Crippen LogP contribution in [0.3, 0.4) is 0 Å². The molecule has 2 rings (SSSR count). The van der Waals surface area contributed by atoms with Crippen molar-refractivity contribution in [3.63, 3.8) is 0 Å². The Morgan fingerprint density at radius 2 is 2.13 bits per heavy atom. The van der Waals surface area contributed by atoms with Crippen molar-refractivity contribution in [2.75, 3.05) is 6.61 Å². The number of nitrogens with zero attached hydrogens (tertiary/aromatic N) is 1. The summed E-state index contributed by atoms with van der Waals surface area (Å²) in [6, 6.07) is 0.0477. The van der Waals surface area contributed by atoms with Gasteiger partial charge in [-0.25, -0.2) is 14.3 Å². The summed E-state index contributed by atoms with van der Waals surface area (Å²) in [5, 5.41) is 2.44. The highest BCUT2D eigenvalue weighted by molar-refractivity contribution is 8.19. The summed E-state index contributed by atoms with van der Waals surface area (Å²) in [7, 11) is -5.05. The average Bonchev–Trinajstić information content (AvgIpc) is 2.89. The van der Waals surface area contributed by atoms with E-state index in [2.05, 4.69) is 5.09 Å². The van der Waals surface area contributed by atoms with Crippen LogP contribution >= 0.6 is 15.7 Å². The standard InChI is InChI=1S/C17H28FN3O8P2/c1-9(2)28-14(23)11(4)20-31(26,30-25)27-8-12-10(3)17(5,18)15(29-12)21-7-6-13(22)19-16(21)24/h6-7,9-12,15,25,30H,8H2,1-5H3,(H,20,26)(H,19,22,24)/t10-,11+,12-,15-,17-,31-/m1/s1. The SMILES string of the molecule is CC(C)OC(=O)[C@H](C)N[P@@](=O)(OC[C@H]1O[C@@H](n2ccc(=O)[nH]c2=O)[C@](C)(F)[C@@H]1C)PO. The van der Waals surface area contributed by atoms with Crippen molar-refractivity contribution in [3.05, 3.63) is 33.1 Å². The molecule has 0 radical (unpaired) electrons. The summed E-state index contributed by atoms with van der Waals surface area (Å²) in [6.07, 6.45) is -1.53. The van der Waals surface area contributed by atoms with Gasteiger partial charge in [0.25, 0.3) is 5.56 Å². The van der Waals surface area contributed by atoms with Crippen molar-refractivity contribution in [3.8, 4) is 0 Å². The molecule has 0 bridgehead atoms. The normalized spacial score (nSPS) is 29.4. The van der Waals surface area contributed by atoms with Gasteiger partial charge in [0.2, 0.25) is 0 Å². The Balaban J connectivity index is 2.11. The molecule has 1 aliphatic heterocycles. The molecule has 0 spiro atoms. The number of esters is 1. The summed E-state index contributed by atoms with van der Waals surface area (Å²) in [6.45, 7) is 7.13. The van der Waals surface area contributed by atoms with E-state index in [1.807, 2.05) is 4.98 Å². The van der Waals surface area contributed by atoms with Gasteiger partial charge in [0.05, 0.1) is 18.8 Å².